The normalized spacial score (nSPS) is 23.1. The lowest BCUT2D eigenvalue weighted by atomic mass is 9.96. The first kappa shape index (κ1) is 19.6. The zero-order valence-electron chi connectivity index (χ0n) is 15.5. The van der Waals surface area contributed by atoms with Crippen LogP contribution in [0.5, 0.6) is 0 Å². The molecule has 0 amide bonds. The Kier molecular flexibility index (Phi) is 5.82. The first-order chi connectivity index (χ1) is 13.6. The van der Waals surface area contributed by atoms with E-state index in [1.54, 1.807) is 17.5 Å². The van der Waals surface area contributed by atoms with Crippen molar-refractivity contribution < 1.29 is 22.7 Å². The van der Waals surface area contributed by atoms with Crippen molar-refractivity contribution in [1.29, 1.82) is 0 Å². The maximum Gasteiger partial charge on any atom is 0.324 e. The summed E-state index contributed by atoms with van der Waals surface area (Å²) in [6, 6.07) is 10.0. The average molecular weight is 422 g/mol. The monoisotopic (exact) mass is 421 g/mol. The Morgan fingerprint density at radius 3 is 2.71 bits per heavy atom. The first-order valence-electron chi connectivity index (χ1n) is 9.46. The summed E-state index contributed by atoms with van der Waals surface area (Å²) in [6.07, 6.45) is 3.15. The molecule has 2 aliphatic rings. The van der Waals surface area contributed by atoms with E-state index in [9.17, 15) is 13.2 Å². The standard InChI is InChI=1S/C20H23NO5S2/c22-20(26-14-17-8-3-4-10-25-17)18-12-15-6-1-2-7-16(15)13-21(18)28(23,24)19-9-5-11-27-19/h1-2,5-7,9,11,17-18H,3-4,8,10,12-14H2/t17?,18-/m0/s1. The van der Waals surface area contributed by atoms with Crippen LogP contribution in [0, 0.1) is 0 Å². The zero-order valence-corrected chi connectivity index (χ0v) is 17.1. The van der Waals surface area contributed by atoms with Crippen LogP contribution in [-0.2, 0) is 37.3 Å². The summed E-state index contributed by atoms with van der Waals surface area (Å²) < 4.78 is 39.0. The molecule has 8 heteroatoms. The van der Waals surface area contributed by atoms with Crippen LogP contribution in [0.15, 0.2) is 46.0 Å². The number of esters is 1. The van der Waals surface area contributed by atoms with Gasteiger partial charge in [-0.1, -0.05) is 30.3 Å². The minimum atomic E-state index is -3.78. The van der Waals surface area contributed by atoms with Crippen LogP contribution < -0.4 is 0 Å². The van der Waals surface area contributed by atoms with E-state index in [0.29, 0.717) is 13.0 Å². The third kappa shape index (κ3) is 4.00. The van der Waals surface area contributed by atoms with E-state index in [1.807, 2.05) is 24.3 Å². The summed E-state index contributed by atoms with van der Waals surface area (Å²) in [5.74, 6) is -0.510. The second-order valence-corrected chi connectivity index (χ2v) is 10.2. The number of ether oxygens (including phenoxy) is 2. The predicted octanol–water partition coefficient (Wildman–Crippen LogP) is 2.98. The molecular weight excluding hydrogens is 398 g/mol. The van der Waals surface area contributed by atoms with E-state index in [4.69, 9.17) is 9.47 Å². The molecule has 2 aliphatic heterocycles. The number of carbonyl (C=O) groups excluding carboxylic acids is 1. The summed E-state index contributed by atoms with van der Waals surface area (Å²) >= 11 is 1.15. The van der Waals surface area contributed by atoms with Gasteiger partial charge in [-0.25, -0.2) is 8.42 Å². The molecule has 0 bridgehead atoms. The zero-order chi connectivity index (χ0) is 19.6. The van der Waals surface area contributed by atoms with Gasteiger partial charge in [-0.05, 0) is 41.8 Å². The highest BCUT2D eigenvalue weighted by molar-refractivity contribution is 7.91. The molecule has 2 aromatic rings. The molecule has 2 atom stereocenters. The van der Waals surface area contributed by atoms with Crippen molar-refractivity contribution in [1.82, 2.24) is 4.31 Å². The van der Waals surface area contributed by atoms with Gasteiger partial charge < -0.3 is 9.47 Å². The Labute approximate surface area is 169 Å². The van der Waals surface area contributed by atoms with Crippen molar-refractivity contribution >= 4 is 27.3 Å². The number of hydrogen-bond donors (Lipinski definition) is 0. The number of sulfonamides is 1. The number of carbonyl (C=O) groups is 1. The van der Waals surface area contributed by atoms with Crippen LogP contribution in [0.4, 0.5) is 0 Å². The SMILES string of the molecule is O=C(OCC1CCCCO1)[C@@H]1Cc2ccccc2CN1S(=O)(=O)c1cccs1. The van der Waals surface area contributed by atoms with Gasteiger partial charge in [0.15, 0.2) is 0 Å². The van der Waals surface area contributed by atoms with Crippen LogP contribution in [0.1, 0.15) is 30.4 Å². The molecule has 0 spiro atoms. The van der Waals surface area contributed by atoms with Crippen LogP contribution in [0.25, 0.3) is 0 Å². The number of benzene rings is 1. The molecular formula is C20H23NO5S2. The molecule has 28 heavy (non-hydrogen) atoms. The Balaban J connectivity index is 1.57. The smallest absolute Gasteiger partial charge is 0.324 e. The van der Waals surface area contributed by atoms with E-state index in [1.165, 1.54) is 4.31 Å². The molecule has 0 N–H and O–H groups in total. The fourth-order valence-corrected chi connectivity index (χ4v) is 6.36. The number of nitrogens with zero attached hydrogens (tertiary/aromatic N) is 1. The maximum absolute atomic E-state index is 13.2. The van der Waals surface area contributed by atoms with Crippen molar-refractivity contribution in [3.8, 4) is 0 Å². The van der Waals surface area contributed by atoms with Gasteiger partial charge in [0.2, 0.25) is 0 Å². The first-order valence-corrected chi connectivity index (χ1v) is 11.8. The summed E-state index contributed by atoms with van der Waals surface area (Å²) in [6.45, 7) is 1.01. The van der Waals surface area contributed by atoms with E-state index < -0.39 is 22.0 Å². The van der Waals surface area contributed by atoms with Crippen molar-refractivity contribution in [2.24, 2.45) is 0 Å². The maximum atomic E-state index is 13.2. The van der Waals surface area contributed by atoms with Crippen molar-refractivity contribution in [2.45, 2.75) is 48.6 Å². The lowest BCUT2D eigenvalue weighted by molar-refractivity contribution is -0.154. The highest BCUT2D eigenvalue weighted by Crippen LogP contribution is 2.31. The molecule has 6 nitrogen and oxygen atoms in total. The van der Waals surface area contributed by atoms with Gasteiger partial charge in [0, 0.05) is 19.6 Å². The Hall–Kier alpha value is -1.74. The van der Waals surface area contributed by atoms with Crippen LogP contribution in [0.3, 0.4) is 0 Å². The predicted molar refractivity (Wildman–Crippen MR) is 106 cm³/mol. The van der Waals surface area contributed by atoms with Crippen LogP contribution >= 0.6 is 11.3 Å². The Morgan fingerprint density at radius 2 is 2.00 bits per heavy atom. The largest absolute Gasteiger partial charge is 0.462 e. The van der Waals surface area contributed by atoms with E-state index in [0.717, 1.165) is 41.7 Å². The third-order valence-electron chi connectivity index (χ3n) is 5.22. The van der Waals surface area contributed by atoms with Gasteiger partial charge in [-0.15, -0.1) is 11.3 Å². The molecule has 1 saturated heterocycles. The Morgan fingerprint density at radius 1 is 1.18 bits per heavy atom. The van der Waals surface area contributed by atoms with Gasteiger partial charge >= 0.3 is 5.97 Å². The van der Waals surface area contributed by atoms with Crippen LogP contribution in [0.2, 0.25) is 0 Å². The molecule has 0 aliphatic carbocycles. The van der Waals surface area contributed by atoms with E-state index >= 15 is 0 Å². The van der Waals surface area contributed by atoms with E-state index in [-0.39, 0.29) is 23.5 Å². The fraction of sp³-hybridized carbons (Fsp3) is 0.450. The summed E-state index contributed by atoms with van der Waals surface area (Å²) in [5, 5.41) is 1.72. The van der Waals surface area contributed by atoms with Crippen LogP contribution in [-0.4, -0.2) is 44.1 Å². The second kappa shape index (κ2) is 8.32. The van der Waals surface area contributed by atoms with Crippen molar-refractivity contribution in [2.75, 3.05) is 13.2 Å². The molecule has 3 heterocycles. The van der Waals surface area contributed by atoms with Crippen molar-refractivity contribution in [3.05, 3.63) is 52.9 Å². The quantitative estimate of drug-likeness (QED) is 0.694. The lowest BCUT2D eigenvalue weighted by Crippen LogP contribution is -2.49. The Bertz CT molecular complexity index is 920. The molecule has 1 unspecified atom stereocenters. The average Bonchev–Trinajstić information content (AvgIpc) is 3.27. The minimum Gasteiger partial charge on any atom is -0.462 e. The summed E-state index contributed by atoms with van der Waals surface area (Å²) in [4.78, 5) is 12.9. The summed E-state index contributed by atoms with van der Waals surface area (Å²) in [7, 11) is -3.78. The summed E-state index contributed by atoms with van der Waals surface area (Å²) in [5.41, 5.74) is 1.90. The highest BCUT2D eigenvalue weighted by atomic mass is 32.2. The topological polar surface area (TPSA) is 72.9 Å². The highest BCUT2D eigenvalue weighted by Gasteiger charge is 2.41. The van der Waals surface area contributed by atoms with Gasteiger partial charge in [0.25, 0.3) is 10.0 Å². The third-order valence-corrected chi connectivity index (χ3v) is 8.45. The minimum absolute atomic E-state index is 0.101. The molecule has 1 aromatic carbocycles. The molecule has 1 aromatic heterocycles. The molecule has 0 saturated carbocycles. The number of thiophene rings is 1. The van der Waals surface area contributed by atoms with Gasteiger partial charge in [-0.2, -0.15) is 4.31 Å². The molecule has 150 valence electrons. The van der Waals surface area contributed by atoms with Gasteiger partial charge in [0.05, 0.1) is 6.10 Å². The molecule has 1 fully saturated rings. The van der Waals surface area contributed by atoms with Crippen molar-refractivity contribution in [3.63, 3.8) is 0 Å². The molecule has 0 radical (unpaired) electrons. The lowest BCUT2D eigenvalue weighted by Gasteiger charge is -2.34. The molecule has 4 rings (SSSR count). The fourth-order valence-electron chi connectivity index (χ4n) is 3.69. The second-order valence-electron chi connectivity index (χ2n) is 7.09. The van der Waals surface area contributed by atoms with Gasteiger partial charge in [-0.3, -0.25) is 4.79 Å². The van der Waals surface area contributed by atoms with Gasteiger partial charge in [0.1, 0.15) is 16.9 Å². The number of rotatable bonds is 5. The number of fused-ring (bicyclic) bond motifs is 1. The van der Waals surface area contributed by atoms with E-state index in [2.05, 4.69) is 0 Å². The number of hydrogen-bond acceptors (Lipinski definition) is 6.